The summed E-state index contributed by atoms with van der Waals surface area (Å²) in [5.41, 5.74) is 4.27. The lowest BCUT2D eigenvalue weighted by molar-refractivity contribution is 0.0881. The summed E-state index contributed by atoms with van der Waals surface area (Å²) in [6.45, 7) is 0. The van der Waals surface area contributed by atoms with Crippen molar-refractivity contribution in [2.24, 2.45) is 5.92 Å². The fourth-order valence-electron chi connectivity index (χ4n) is 7.32. The van der Waals surface area contributed by atoms with E-state index in [1.54, 1.807) is 66.7 Å². The van der Waals surface area contributed by atoms with Crippen molar-refractivity contribution < 1.29 is 19.2 Å². The Bertz CT molecular complexity index is 2460. The number of hydrogen-bond donors (Lipinski definition) is 0. The molecule has 1 aliphatic heterocycles. The molecule has 4 aliphatic rings. The number of allylic oxidation sites excluding steroid dienone is 8. The lowest BCUT2D eigenvalue weighted by atomic mass is 9.89. The Labute approximate surface area is 279 Å². The van der Waals surface area contributed by atoms with Crippen molar-refractivity contribution in [1.29, 1.82) is 0 Å². The van der Waals surface area contributed by atoms with Gasteiger partial charge < -0.3 is 0 Å². The van der Waals surface area contributed by atoms with Gasteiger partial charge in [0.1, 0.15) is 11.7 Å². The first-order valence-electron chi connectivity index (χ1n) is 16.0. The fourth-order valence-corrected chi connectivity index (χ4v) is 7.32. The molecule has 0 bridgehead atoms. The molecule has 0 saturated carbocycles. The van der Waals surface area contributed by atoms with Gasteiger partial charge in [-0.25, -0.2) is 9.88 Å². The summed E-state index contributed by atoms with van der Waals surface area (Å²) in [6.07, 6.45) is 13.7. The predicted octanol–water partition coefficient (Wildman–Crippen LogP) is 6.80. The Morgan fingerprint density at radius 1 is 0.694 bits per heavy atom. The molecule has 1 aromatic heterocycles. The lowest BCUT2D eigenvalue weighted by Gasteiger charge is -2.17. The quantitative estimate of drug-likeness (QED) is 0.155. The molecule has 1 atom stereocenters. The number of Topliss-reactive ketones (excluding diaryl/α,β-unsaturated/α-hetero) is 2. The molecule has 8 heteroatoms. The molecule has 0 N–H and O–H groups in total. The van der Waals surface area contributed by atoms with Crippen LogP contribution in [0.1, 0.15) is 65.2 Å². The molecule has 0 spiro atoms. The number of para-hydroxylation sites is 2. The van der Waals surface area contributed by atoms with Crippen LogP contribution >= 0.6 is 0 Å². The molecule has 2 heterocycles. The van der Waals surface area contributed by atoms with E-state index in [1.807, 2.05) is 18.2 Å². The Morgan fingerprint density at radius 2 is 1.37 bits per heavy atom. The third-order valence-corrected chi connectivity index (χ3v) is 9.69. The van der Waals surface area contributed by atoms with Gasteiger partial charge in [-0.05, 0) is 71.7 Å². The van der Waals surface area contributed by atoms with E-state index in [1.165, 1.54) is 22.3 Å². The van der Waals surface area contributed by atoms with Crippen molar-refractivity contribution in [2.75, 3.05) is 4.90 Å². The van der Waals surface area contributed by atoms with Crippen LogP contribution in [0.5, 0.6) is 0 Å². The number of anilines is 1. The number of amides is 2. The van der Waals surface area contributed by atoms with Gasteiger partial charge in [0.05, 0.1) is 33.4 Å². The number of carbonyl (C=O) groups excluding carboxylic acids is 4. The number of ketones is 2. The van der Waals surface area contributed by atoms with E-state index in [4.69, 9.17) is 0 Å². The molecule has 3 aliphatic carbocycles. The molecule has 2 amide bonds. The maximum absolute atomic E-state index is 14.1. The van der Waals surface area contributed by atoms with Gasteiger partial charge in [-0.2, -0.15) is 0 Å². The number of carbonyl (C=O) groups is 4. The topological polar surface area (TPSA) is 106 Å². The third kappa shape index (κ3) is 4.24. The van der Waals surface area contributed by atoms with Crippen LogP contribution in [0.3, 0.4) is 0 Å². The van der Waals surface area contributed by atoms with E-state index < -0.39 is 34.9 Å². The molecule has 8 nitrogen and oxygen atoms in total. The van der Waals surface area contributed by atoms with Crippen molar-refractivity contribution >= 4 is 45.5 Å². The summed E-state index contributed by atoms with van der Waals surface area (Å²) < 4.78 is 1.30. The second kappa shape index (κ2) is 10.7. The maximum Gasteiger partial charge on any atom is 0.266 e. The van der Waals surface area contributed by atoms with Crippen LogP contribution in [0.25, 0.3) is 22.2 Å². The highest BCUT2D eigenvalue weighted by atomic mass is 16.2. The lowest BCUT2D eigenvalue weighted by Crippen LogP contribution is -2.29. The molecular formula is C41H25N3O5. The monoisotopic (exact) mass is 639 g/mol. The van der Waals surface area contributed by atoms with Gasteiger partial charge >= 0.3 is 0 Å². The summed E-state index contributed by atoms with van der Waals surface area (Å²) in [5.74, 6) is -3.62. The minimum Gasteiger partial charge on any atom is -0.293 e. The Morgan fingerprint density at radius 3 is 2.04 bits per heavy atom. The summed E-state index contributed by atoms with van der Waals surface area (Å²) in [7, 11) is 0. The number of hydrogen-bond acceptors (Lipinski definition) is 6. The zero-order chi connectivity index (χ0) is 33.4. The van der Waals surface area contributed by atoms with Crippen LogP contribution in [0, 0.1) is 5.92 Å². The highest BCUT2D eigenvalue weighted by Crippen LogP contribution is 2.40. The van der Waals surface area contributed by atoms with E-state index in [9.17, 15) is 24.0 Å². The minimum absolute atomic E-state index is 0.0179. The van der Waals surface area contributed by atoms with Gasteiger partial charge in [0.25, 0.3) is 17.4 Å². The van der Waals surface area contributed by atoms with Crippen molar-refractivity contribution in [3.8, 4) is 5.69 Å². The van der Waals surface area contributed by atoms with Crippen LogP contribution in [-0.4, -0.2) is 32.9 Å². The van der Waals surface area contributed by atoms with Gasteiger partial charge in [0.15, 0.2) is 11.6 Å². The number of imide groups is 1. The minimum atomic E-state index is -1.43. The fraction of sp³-hybridized carbons (Fsp3) is 0.0732. The van der Waals surface area contributed by atoms with E-state index in [0.717, 1.165) is 22.5 Å². The van der Waals surface area contributed by atoms with Gasteiger partial charge in [-0.1, -0.05) is 78.9 Å². The van der Waals surface area contributed by atoms with Gasteiger partial charge in [-0.15, -0.1) is 0 Å². The van der Waals surface area contributed by atoms with E-state index in [0.29, 0.717) is 22.3 Å². The number of rotatable bonds is 5. The normalized spacial score (nSPS) is 18.1. The summed E-state index contributed by atoms with van der Waals surface area (Å²) in [5, 5.41) is 0.341. The van der Waals surface area contributed by atoms with E-state index in [-0.39, 0.29) is 34.0 Å². The maximum atomic E-state index is 14.1. The van der Waals surface area contributed by atoms with Crippen molar-refractivity contribution in [3.05, 3.63) is 177 Å². The van der Waals surface area contributed by atoms with Crippen LogP contribution in [0.2, 0.25) is 0 Å². The zero-order valence-corrected chi connectivity index (χ0v) is 25.9. The summed E-state index contributed by atoms with van der Waals surface area (Å²) in [4.78, 5) is 75.2. The first kappa shape index (κ1) is 28.7. The van der Waals surface area contributed by atoms with Gasteiger partial charge in [0, 0.05) is 17.0 Å². The first-order chi connectivity index (χ1) is 23.9. The zero-order valence-electron chi connectivity index (χ0n) is 25.9. The number of benzene rings is 4. The molecule has 4 aromatic carbocycles. The Kier molecular flexibility index (Phi) is 6.29. The summed E-state index contributed by atoms with van der Waals surface area (Å²) in [6, 6.07) is 25.4. The molecule has 234 valence electrons. The predicted molar refractivity (Wildman–Crippen MR) is 185 cm³/mol. The second-order valence-corrected chi connectivity index (χ2v) is 12.4. The Hall–Kier alpha value is -6.54. The molecule has 0 fully saturated rings. The van der Waals surface area contributed by atoms with Crippen LogP contribution in [0.4, 0.5) is 5.69 Å². The number of aromatic nitrogens is 2. The van der Waals surface area contributed by atoms with Crippen molar-refractivity contribution in [2.45, 2.75) is 12.3 Å². The Balaban J connectivity index is 1.06. The summed E-state index contributed by atoms with van der Waals surface area (Å²) >= 11 is 0. The molecular weight excluding hydrogens is 614 g/mol. The highest BCUT2D eigenvalue weighted by molar-refractivity contribution is 6.37. The standard InChI is InChI=1S/C41H25N3O5/c45-36-30-21-32-33(41(49)44(40(32)48)26-19-17-24(18-20-26)28-15-8-14-27(28)23-9-4-5-10-23)22-31(30)37(46)35(36)38-42-34-16-7-6-13-29(34)39(47)43(38)25-11-2-1-3-12-25/h1-4,6-22,27,35H,5H2. The number of fused-ring (bicyclic) bond motifs is 3. The molecule has 1 unspecified atom stereocenters. The van der Waals surface area contributed by atoms with Crippen LogP contribution < -0.4 is 10.5 Å². The average molecular weight is 640 g/mol. The molecule has 0 saturated heterocycles. The van der Waals surface area contributed by atoms with Crippen LogP contribution in [-0.2, 0) is 0 Å². The SMILES string of the molecule is O=C1c2cc3c(cc2C(=O)C1c1nc2ccccc2c(=O)n1-c1ccccc1)C(=O)N(c1ccc(C2=CC=CC2C2=CCC=C2)cc1)C3=O. The van der Waals surface area contributed by atoms with Crippen molar-refractivity contribution in [3.63, 3.8) is 0 Å². The smallest absolute Gasteiger partial charge is 0.266 e. The first-order valence-corrected chi connectivity index (χ1v) is 16.0. The van der Waals surface area contributed by atoms with Crippen molar-refractivity contribution in [1.82, 2.24) is 9.55 Å². The number of nitrogens with zero attached hydrogens (tertiary/aromatic N) is 3. The van der Waals surface area contributed by atoms with E-state index in [2.05, 4.69) is 35.4 Å². The van der Waals surface area contributed by atoms with E-state index >= 15 is 0 Å². The largest absolute Gasteiger partial charge is 0.293 e. The second-order valence-electron chi connectivity index (χ2n) is 12.4. The van der Waals surface area contributed by atoms with Crippen LogP contribution in [0.15, 0.2) is 138 Å². The molecule has 0 radical (unpaired) electrons. The van der Waals surface area contributed by atoms with Gasteiger partial charge in [-0.3, -0.25) is 28.5 Å². The highest BCUT2D eigenvalue weighted by Gasteiger charge is 2.46. The average Bonchev–Trinajstić information content (AvgIpc) is 3.92. The molecule has 5 aromatic rings. The molecule has 49 heavy (non-hydrogen) atoms. The molecule has 9 rings (SSSR count). The van der Waals surface area contributed by atoms with Gasteiger partial charge in [0.2, 0.25) is 0 Å². The third-order valence-electron chi connectivity index (χ3n) is 9.69.